The van der Waals surface area contributed by atoms with Crippen LogP contribution in [0.1, 0.15) is 35.8 Å². The predicted octanol–water partition coefficient (Wildman–Crippen LogP) is 5.08. The molecule has 120 valence electrons. The number of nitrogens with one attached hydrogen (secondary N) is 2. The molecule has 0 heterocycles. The first-order chi connectivity index (χ1) is 10.9. The maximum absolute atomic E-state index is 12.0. The Labute approximate surface area is 144 Å². The van der Waals surface area contributed by atoms with E-state index in [1.54, 1.807) is 42.5 Å². The lowest BCUT2D eigenvalue weighted by Crippen LogP contribution is -2.31. The summed E-state index contributed by atoms with van der Waals surface area (Å²) < 4.78 is 0. The number of hydrogen-bond donors (Lipinski definition) is 2. The Morgan fingerprint density at radius 3 is 2.26 bits per heavy atom. The van der Waals surface area contributed by atoms with Crippen molar-refractivity contribution in [1.29, 1.82) is 0 Å². The number of ketones is 1. The van der Waals surface area contributed by atoms with Gasteiger partial charge in [-0.25, -0.2) is 4.79 Å². The Morgan fingerprint density at radius 1 is 1.04 bits per heavy atom. The zero-order chi connectivity index (χ0) is 17.0. The molecular weight excluding hydrogens is 335 g/mol. The highest BCUT2D eigenvalue weighted by molar-refractivity contribution is 6.35. The second-order valence-electron chi connectivity index (χ2n) is 5.12. The summed E-state index contributed by atoms with van der Waals surface area (Å²) in [6.07, 6.45) is 0. The van der Waals surface area contributed by atoms with Crippen LogP contribution in [-0.2, 0) is 0 Å². The van der Waals surface area contributed by atoms with Gasteiger partial charge in [0.05, 0.1) is 6.04 Å². The molecule has 1 unspecified atom stereocenters. The standard InChI is InChI=1S/C17H16Cl2N2O2/c1-10(15-8-5-13(18)9-16(15)19)20-17(23)21-14-6-3-12(4-7-14)11(2)22/h3-10H,1-2H3,(H2,20,21,23). The molecule has 2 aromatic rings. The fourth-order valence-electron chi connectivity index (χ4n) is 2.08. The van der Waals surface area contributed by atoms with Gasteiger partial charge in [0.1, 0.15) is 0 Å². The van der Waals surface area contributed by atoms with Crippen molar-refractivity contribution in [3.8, 4) is 0 Å². The molecule has 4 nitrogen and oxygen atoms in total. The van der Waals surface area contributed by atoms with Crippen molar-refractivity contribution >= 4 is 40.7 Å². The maximum atomic E-state index is 12.0. The molecule has 1 atom stereocenters. The van der Waals surface area contributed by atoms with E-state index in [0.717, 1.165) is 5.56 Å². The van der Waals surface area contributed by atoms with Gasteiger partial charge in [-0.3, -0.25) is 4.79 Å². The van der Waals surface area contributed by atoms with Crippen LogP contribution in [0, 0.1) is 0 Å². The Bertz CT molecular complexity index is 730. The summed E-state index contributed by atoms with van der Waals surface area (Å²) in [6, 6.07) is 11.2. The number of carbonyl (C=O) groups is 2. The summed E-state index contributed by atoms with van der Waals surface area (Å²) in [6.45, 7) is 3.32. The van der Waals surface area contributed by atoms with E-state index in [2.05, 4.69) is 10.6 Å². The van der Waals surface area contributed by atoms with Gasteiger partial charge in [-0.2, -0.15) is 0 Å². The Kier molecular flexibility index (Phi) is 5.64. The van der Waals surface area contributed by atoms with Crippen LogP contribution < -0.4 is 10.6 Å². The van der Waals surface area contributed by atoms with Crippen molar-refractivity contribution in [2.24, 2.45) is 0 Å². The molecule has 0 fully saturated rings. The van der Waals surface area contributed by atoms with Crippen LogP contribution in [0.5, 0.6) is 0 Å². The van der Waals surface area contributed by atoms with Crippen molar-refractivity contribution < 1.29 is 9.59 Å². The van der Waals surface area contributed by atoms with Crippen molar-refractivity contribution in [3.63, 3.8) is 0 Å². The Balaban J connectivity index is 1.99. The molecule has 23 heavy (non-hydrogen) atoms. The number of amides is 2. The van der Waals surface area contributed by atoms with Crippen LogP contribution in [0.2, 0.25) is 10.0 Å². The van der Waals surface area contributed by atoms with Gasteiger partial charge < -0.3 is 10.6 Å². The number of rotatable bonds is 4. The second-order valence-corrected chi connectivity index (χ2v) is 5.96. The largest absolute Gasteiger partial charge is 0.331 e. The van der Waals surface area contributed by atoms with E-state index in [1.165, 1.54) is 6.92 Å². The molecule has 0 aromatic heterocycles. The molecule has 2 amide bonds. The zero-order valence-electron chi connectivity index (χ0n) is 12.7. The molecule has 0 saturated carbocycles. The zero-order valence-corrected chi connectivity index (χ0v) is 14.2. The van der Waals surface area contributed by atoms with E-state index < -0.39 is 0 Å². The fourth-order valence-corrected chi connectivity index (χ4v) is 2.65. The van der Waals surface area contributed by atoms with Crippen LogP contribution in [0.15, 0.2) is 42.5 Å². The van der Waals surface area contributed by atoms with Crippen molar-refractivity contribution in [2.75, 3.05) is 5.32 Å². The highest BCUT2D eigenvalue weighted by atomic mass is 35.5. The van der Waals surface area contributed by atoms with Crippen LogP contribution in [0.4, 0.5) is 10.5 Å². The number of Topliss-reactive ketones (excluding diaryl/α,β-unsaturated/α-hetero) is 1. The average Bonchev–Trinajstić information content (AvgIpc) is 2.47. The highest BCUT2D eigenvalue weighted by Crippen LogP contribution is 2.26. The van der Waals surface area contributed by atoms with Gasteiger partial charge in [0.2, 0.25) is 0 Å². The Hall–Kier alpha value is -2.04. The van der Waals surface area contributed by atoms with Crippen LogP contribution in [-0.4, -0.2) is 11.8 Å². The first-order valence-corrected chi connectivity index (χ1v) is 7.76. The number of halogens is 2. The first-order valence-electron chi connectivity index (χ1n) is 7.00. The monoisotopic (exact) mass is 350 g/mol. The maximum Gasteiger partial charge on any atom is 0.319 e. The molecule has 2 N–H and O–H groups in total. The molecular formula is C17H16Cl2N2O2. The second kappa shape index (κ2) is 7.49. The summed E-state index contributed by atoms with van der Waals surface area (Å²) in [5.41, 5.74) is 1.97. The molecule has 0 aliphatic heterocycles. The van der Waals surface area contributed by atoms with Crippen molar-refractivity contribution in [3.05, 3.63) is 63.6 Å². The number of benzene rings is 2. The lowest BCUT2D eigenvalue weighted by molar-refractivity contribution is 0.101. The van der Waals surface area contributed by atoms with Gasteiger partial charge in [0, 0.05) is 21.3 Å². The van der Waals surface area contributed by atoms with Gasteiger partial charge in [-0.1, -0.05) is 29.3 Å². The normalized spacial score (nSPS) is 11.7. The third kappa shape index (κ3) is 4.71. The third-order valence-electron chi connectivity index (χ3n) is 3.33. The lowest BCUT2D eigenvalue weighted by atomic mass is 10.1. The molecule has 0 radical (unpaired) electrons. The Morgan fingerprint density at radius 2 is 1.70 bits per heavy atom. The topological polar surface area (TPSA) is 58.2 Å². The van der Waals surface area contributed by atoms with Crippen molar-refractivity contribution in [1.82, 2.24) is 5.32 Å². The van der Waals surface area contributed by atoms with E-state index in [0.29, 0.717) is 21.3 Å². The molecule has 0 aliphatic rings. The minimum absolute atomic E-state index is 0.0213. The van der Waals surface area contributed by atoms with Crippen molar-refractivity contribution in [2.45, 2.75) is 19.9 Å². The summed E-state index contributed by atoms with van der Waals surface area (Å²) in [5.74, 6) is -0.0213. The van der Waals surface area contributed by atoms with E-state index in [1.807, 2.05) is 6.92 Å². The third-order valence-corrected chi connectivity index (χ3v) is 3.89. The molecule has 0 spiro atoms. The average molecular weight is 351 g/mol. The van der Waals surface area contributed by atoms with Gasteiger partial charge in [-0.05, 0) is 55.8 Å². The summed E-state index contributed by atoms with van der Waals surface area (Å²) in [7, 11) is 0. The number of hydrogen-bond acceptors (Lipinski definition) is 2. The van der Waals surface area contributed by atoms with E-state index in [4.69, 9.17) is 23.2 Å². The molecule has 0 saturated heterocycles. The van der Waals surface area contributed by atoms with Crippen LogP contribution >= 0.6 is 23.2 Å². The van der Waals surface area contributed by atoms with E-state index >= 15 is 0 Å². The molecule has 2 rings (SSSR count). The molecule has 0 bridgehead atoms. The number of urea groups is 1. The van der Waals surface area contributed by atoms with Gasteiger partial charge in [0.15, 0.2) is 5.78 Å². The van der Waals surface area contributed by atoms with Crippen LogP contribution in [0.25, 0.3) is 0 Å². The summed E-state index contributed by atoms with van der Waals surface area (Å²) >= 11 is 12.0. The first kappa shape index (κ1) is 17.3. The minimum atomic E-state index is -0.362. The predicted molar refractivity (Wildman–Crippen MR) is 93.5 cm³/mol. The van der Waals surface area contributed by atoms with Gasteiger partial charge in [-0.15, -0.1) is 0 Å². The fraction of sp³-hybridized carbons (Fsp3) is 0.176. The molecule has 6 heteroatoms. The lowest BCUT2D eigenvalue weighted by Gasteiger charge is -2.16. The summed E-state index contributed by atoms with van der Waals surface area (Å²) in [4.78, 5) is 23.3. The number of carbonyl (C=O) groups excluding carboxylic acids is 2. The highest BCUT2D eigenvalue weighted by Gasteiger charge is 2.13. The quantitative estimate of drug-likeness (QED) is 0.755. The molecule has 2 aromatic carbocycles. The molecule has 0 aliphatic carbocycles. The van der Waals surface area contributed by atoms with Crippen LogP contribution in [0.3, 0.4) is 0 Å². The van der Waals surface area contributed by atoms with E-state index in [-0.39, 0.29) is 17.9 Å². The minimum Gasteiger partial charge on any atom is -0.331 e. The van der Waals surface area contributed by atoms with Gasteiger partial charge >= 0.3 is 6.03 Å². The smallest absolute Gasteiger partial charge is 0.319 e. The SMILES string of the molecule is CC(=O)c1ccc(NC(=O)NC(C)c2ccc(Cl)cc2Cl)cc1. The summed E-state index contributed by atoms with van der Waals surface area (Å²) in [5, 5.41) is 6.55. The van der Waals surface area contributed by atoms with E-state index in [9.17, 15) is 9.59 Å². The van der Waals surface area contributed by atoms with Gasteiger partial charge in [0.25, 0.3) is 0 Å². The number of anilines is 1.